The Morgan fingerprint density at radius 2 is 1.86 bits per heavy atom. The molecule has 0 unspecified atom stereocenters. The summed E-state index contributed by atoms with van der Waals surface area (Å²) < 4.78 is 27.3. The minimum atomic E-state index is -0.682. The molecule has 1 aromatic carbocycles. The number of hydrogen-bond acceptors (Lipinski definition) is 3. The van der Waals surface area contributed by atoms with Crippen molar-refractivity contribution in [1.29, 1.82) is 0 Å². The number of aliphatic imine (C=N–C) groups is 1. The summed E-state index contributed by atoms with van der Waals surface area (Å²) in [6.07, 6.45) is 6.85. The minimum absolute atomic E-state index is 0.195. The molecule has 1 aromatic rings. The largest absolute Gasteiger partial charge is 0.301 e. The number of carbonyl (C=O) groups is 1. The lowest BCUT2D eigenvalue weighted by atomic mass is 9.96. The van der Waals surface area contributed by atoms with Crippen LogP contribution in [-0.4, -0.2) is 17.1 Å². The number of carbonyl (C=O) groups excluding carboxylic acids is 1. The molecular weight excluding hydrogens is 306 g/mol. The molecule has 1 aliphatic carbocycles. The second kappa shape index (κ2) is 6.60. The molecular formula is C16H16F2N2OS. The number of hydrogen-bond donors (Lipinski definition) is 1. The van der Waals surface area contributed by atoms with Crippen LogP contribution >= 0.6 is 11.8 Å². The predicted octanol–water partition coefficient (Wildman–Crippen LogP) is 3.86. The highest BCUT2D eigenvalue weighted by atomic mass is 32.2. The van der Waals surface area contributed by atoms with E-state index in [1.54, 1.807) is 0 Å². The number of amides is 1. The highest BCUT2D eigenvalue weighted by Gasteiger charge is 2.26. The van der Waals surface area contributed by atoms with E-state index in [9.17, 15) is 13.6 Å². The Labute approximate surface area is 131 Å². The van der Waals surface area contributed by atoms with Gasteiger partial charge in [0.2, 0.25) is 0 Å². The maximum atomic E-state index is 13.6. The van der Waals surface area contributed by atoms with Gasteiger partial charge in [-0.3, -0.25) is 9.79 Å². The highest BCUT2D eigenvalue weighted by molar-refractivity contribution is 8.18. The zero-order valence-electron chi connectivity index (χ0n) is 11.9. The summed E-state index contributed by atoms with van der Waals surface area (Å²) >= 11 is 1.14. The van der Waals surface area contributed by atoms with Gasteiger partial charge in [0, 0.05) is 5.56 Å². The number of halogens is 2. The van der Waals surface area contributed by atoms with Crippen molar-refractivity contribution in [2.75, 3.05) is 0 Å². The topological polar surface area (TPSA) is 41.5 Å². The van der Waals surface area contributed by atoms with Crippen LogP contribution in [0.5, 0.6) is 0 Å². The fourth-order valence-corrected chi connectivity index (χ4v) is 3.52. The Balaban J connectivity index is 1.80. The van der Waals surface area contributed by atoms with Crippen LogP contribution in [0.1, 0.15) is 37.7 Å². The molecule has 0 aromatic heterocycles. The molecule has 6 heteroatoms. The van der Waals surface area contributed by atoms with Crippen molar-refractivity contribution in [1.82, 2.24) is 5.32 Å². The van der Waals surface area contributed by atoms with Gasteiger partial charge in [-0.2, -0.15) is 0 Å². The van der Waals surface area contributed by atoms with Gasteiger partial charge < -0.3 is 5.32 Å². The lowest BCUT2D eigenvalue weighted by Gasteiger charge is -2.17. The van der Waals surface area contributed by atoms with Crippen molar-refractivity contribution in [2.45, 2.75) is 38.1 Å². The fourth-order valence-electron chi connectivity index (χ4n) is 2.64. The van der Waals surface area contributed by atoms with Gasteiger partial charge in [-0.1, -0.05) is 25.3 Å². The third kappa shape index (κ3) is 3.38. The first-order chi connectivity index (χ1) is 10.6. The number of benzene rings is 1. The van der Waals surface area contributed by atoms with Crippen molar-refractivity contribution in [3.63, 3.8) is 0 Å². The van der Waals surface area contributed by atoms with Crippen molar-refractivity contribution >= 4 is 28.9 Å². The van der Waals surface area contributed by atoms with E-state index in [0.717, 1.165) is 37.4 Å². The van der Waals surface area contributed by atoms with Crippen molar-refractivity contribution < 1.29 is 13.6 Å². The molecule has 1 heterocycles. The van der Waals surface area contributed by atoms with E-state index >= 15 is 0 Å². The molecule has 3 rings (SSSR count). The Bertz CT molecular complexity index is 631. The number of nitrogens with one attached hydrogen (secondary N) is 1. The monoisotopic (exact) mass is 322 g/mol. The molecule has 1 N–H and O–H groups in total. The Hall–Kier alpha value is -1.69. The Morgan fingerprint density at radius 3 is 2.55 bits per heavy atom. The van der Waals surface area contributed by atoms with Crippen LogP contribution < -0.4 is 5.32 Å². The minimum Gasteiger partial charge on any atom is -0.301 e. The molecule has 3 nitrogen and oxygen atoms in total. The highest BCUT2D eigenvalue weighted by Crippen LogP contribution is 2.29. The van der Waals surface area contributed by atoms with E-state index < -0.39 is 11.6 Å². The normalized spacial score (nSPS) is 23.3. The number of amidine groups is 1. The van der Waals surface area contributed by atoms with E-state index in [2.05, 4.69) is 10.3 Å². The predicted molar refractivity (Wildman–Crippen MR) is 84.4 cm³/mol. The summed E-state index contributed by atoms with van der Waals surface area (Å²) in [7, 11) is 0. The zero-order chi connectivity index (χ0) is 15.5. The Kier molecular flexibility index (Phi) is 4.57. The molecule has 0 radical (unpaired) electrons. The third-order valence-electron chi connectivity index (χ3n) is 3.80. The maximum absolute atomic E-state index is 13.6. The van der Waals surface area contributed by atoms with Gasteiger partial charge in [-0.05, 0) is 42.8 Å². The van der Waals surface area contributed by atoms with Gasteiger partial charge in [0.15, 0.2) is 5.17 Å². The average Bonchev–Trinajstić information content (AvgIpc) is 2.84. The molecule has 2 fully saturated rings. The van der Waals surface area contributed by atoms with Crippen molar-refractivity contribution in [3.8, 4) is 0 Å². The quantitative estimate of drug-likeness (QED) is 0.840. The van der Waals surface area contributed by atoms with Crippen LogP contribution in [0.4, 0.5) is 8.78 Å². The van der Waals surface area contributed by atoms with E-state index in [1.807, 2.05) is 0 Å². The SMILES string of the molecule is O=C1NC(=NC2CCCCC2)S/C1=C\c1c(F)cccc1F. The molecule has 1 aliphatic heterocycles. The maximum Gasteiger partial charge on any atom is 0.264 e. The van der Waals surface area contributed by atoms with Crippen molar-refractivity contribution in [3.05, 3.63) is 40.3 Å². The summed E-state index contributed by atoms with van der Waals surface area (Å²) in [5.74, 6) is -1.72. The molecule has 116 valence electrons. The standard InChI is InChI=1S/C16H16F2N2OS/c17-12-7-4-8-13(18)11(12)9-14-15(21)20-16(22-14)19-10-5-2-1-3-6-10/h4,7-10H,1-3,5-6H2,(H,19,20,21)/b14-9-. The smallest absolute Gasteiger partial charge is 0.264 e. The van der Waals surface area contributed by atoms with Crippen LogP contribution in [0, 0.1) is 11.6 Å². The first-order valence-corrected chi connectivity index (χ1v) is 8.18. The molecule has 0 atom stereocenters. The first-order valence-electron chi connectivity index (χ1n) is 7.36. The van der Waals surface area contributed by atoms with E-state index in [-0.39, 0.29) is 22.4 Å². The molecule has 0 bridgehead atoms. The molecule has 2 aliphatic rings. The fraction of sp³-hybridized carbons (Fsp3) is 0.375. The van der Waals surface area contributed by atoms with Gasteiger partial charge in [-0.15, -0.1) is 0 Å². The van der Waals surface area contributed by atoms with Gasteiger partial charge in [0.25, 0.3) is 5.91 Å². The number of thioether (sulfide) groups is 1. The van der Waals surface area contributed by atoms with Crippen LogP contribution in [0.2, 0.25) is 0 Å². The Morgan fingerprint density at radius 1 is 1.18 bits per heavy atom. The van der Waals surface area contributed by atoms with Gasteiger partial charge in [0.05, 0.1) is 10.9 Å². The molecule has 22 heavy (non-hydrogen) atoms. The van der Waals surface area contributed by atoms with Crippen molar-refractivity contribution in [2.24, 2.45) is 4.99 Å². The van der Waals surface area contributed by atoms with Gasteiger partial charge in [0.1, 0.15) is 11.6 Å². The number of nitrogens with zero attached hydrogens (tertiary/aromatic N) is 1. The van der Waals surface area contributed by atoms with Crippen LogP contribution in [0.25, 0.3) is 6.08 Å². The average molecular weight is 322 g/mol. The molecule has 1 amide bonds. The summed E-state index contributed by atoms with van der Waals surface area (Å²) in [6.45, 7) is 0. The van der Waals surface area contributed by atoms with E-state index in [1.165, 1.54) is 30.7 Å². The summed E-state index contributed by atoms with van der Waals surface area (Å²) in [4.78, 5) is 16.7. The lowest BCUT2D eigenvalue weighted by Crippen LogP contribution is -2.22. The second-order valence-corrected chi connectivity index (χ2v) is 6.46. The number of rotatable bonds is 2. The van der Waals surface area contributed by atoms with Crippen LogP contribution in [0.3, 0.4) is 0 Å². The molecule has 0 spiro atoms. The van der Waals surface area contributed by atoms with Gasteiger partial charge in [-0.25, -0.2) is 8.78 Å². The van der Waals surface area contributed by atoms with E-state index in [0.29, 0.717) is 5.17 Å². The van der Waals surface area contributed by atoms with Crippen LogP contribution in [0.15, 0.2) is 28.1 Å². The van der Waals surface area contributed by atoms with E-state index in [4.69, 9.17) is 0 Å². The summed E-state index contributed by atoms with van der Waals surface area (Å²) in [5, 5.41) is 3.20. The third-order valence-corrected chi connectivity index (χ3v) is 4.72. The zero-order valence-corrected chi connectivity index (χ0v) is 12.8. The summed E-state index contributed by atoms with van der Waals surface area (Å²) in [6, 6.07) is 3.87. The second-order valence-electron chi connectivity index (χ2n) is 5.43. The van der Waals surface area contributed by atoms with Crippen LogP contribution in [-0.2, 0) is 4.79 Å². The first kappa shape index (κ1) is 15.2. The summed E-state index contributed by atoms with van der Waals surface area (Å²) in [5.41, 5.74) is -0.195. The molecule has 1 saturated heterocycles. The van der Waals surface area contributed by atoms with Gasteiger partial charge >= 0.3 is 0 Å². The lowest BCUT2D eigenvalue weighted by molar-refractivity contribution is -0.115. The molecule has 1 saturated carbocycles.